The van der Waals surface area contributed by atoms with Gasteiger partial charge in [-0.05, 0) is 37.7 Å². The Balaban J connectivity index is 2.30. The van der Waals surface area contributed by atoms with Crippen molar-refractivity contribution in [3.05, 3.63) is 59.2 Å². The first-order valence-electron chi connectivity index (χ1n) is 7.26. The van der Waals surface area contributed by atoms with Crippen molar-refractivity contribution in [3.63, 3.8) is 0 Å². The maximum Gasteiger partial charge on any atom is 0.165 e. The van der Waals surface area contributed by atoms with Crippen molar-refractivity contribution < 1.29 is 14.3 Å². The third kappa shape index (κ3) is 3.86. The van der Waals surface area contributed by atoms with Gasteiger partial charge in [0.15, 0.2) is 11.5 Å². The van der Waals surface area contributed by atoms with Crippen molar-refractivity contribution in [2.24, 2.45) is 0 Å². The Kier molecular flexibility index (Phi) is 5.98. The molecule has 2 aromatic carbocycles. The summed E-state index contributed by atoms with van der Waals surface area (Å²) in [6.07, 6.45) is 1.56. The minimum atomic E-state index is 0.437. The van der Waals surface area contributed by atoms with E-state index in [1.54, 1.807) is 19.2 Å². The molecule has 0 amide bonds. The first-order chi connectivity index (χ1) is 10.8. The molecule has 22 heavy (non-hydrogen) atoms. The number of carbonyl (C=O) groups excluding carboxylic acids is 1. The van der Waals surface area contributed by atoms with E-state index < -0.39 is 0 Å². The number of methoxy groups -OCH3 is 1. The van der Waals surface area contributed by atoms with Crippen LogP contribution in [-0.4, -0.2) is 27.0 Å². The van der Waals surface area contributed by atoms with Crippen molar-refractivity contribution in [3.8, 4) is 11.5 Å². The predicted octanol–water partition coefficient (Wildman–Crippen LogP) is 2.85. The highest BCUT2D eigenvalue weighted by Crippen LogP contribution is 2.34. The van der Waals surface area contributed by atoms with Gasteiger partial charge in [0, 0.05) is 11.1 Å². The summed E-state index contributed by atoms with van der Waals surface area (Å²) in [6.45, 7) is 1.20. The molecule has 1 N–H and O–H groups in total. The van der Waals surface area contributed by atoms with Crippen molar-refractivity contribution >= 4 is 6.29 Å². The summed E-state index contributed by atoms with van der Waals surface area (Å²) in [5.74, 6) is 1.29. The van der Waals surface area contributed by atoms with E-state index in [0.29, 0.717) is 30.1 Å². The lowest BCUT2D eigenvalue weighted by Crippen LogP contribution is -2.13. The van der Waals surface area contributed by atoms with E-state index in [9.17, 15) is 4.79 Å². The molecule has 0 aliphatic rings. The van der Waals surface area contributed by atoms with E-state index >= 15 is 0 Å². The minimum absolute atomic E-state index is 0.437. The molecule has 0 spiro atoms. The summed E-state index contributed by atoms with van der Waals surface area (Å²) in [5, 5.41) is 3.09. The van der Waals surface area contributed by atoms with Crippen LogP contribution < -0.4 is 14.8 Å². The topological polar surface area (TPSA) is 47.6 Å². The van der Waals surface area contributed by atoms with Gasteiger partial charge < -0.3 is 14.8 Å². The molecule has 2 rings (SSSR count). The average Bonchev–Trinajstić information content (AvgIpc) is 2.58. The second kappa shape index (κ2) is 8.20. The summed E-state index contributed by atoms with van der Waals surface area (Å²) < 4.78 is 11.4. The van der Waals surface area contributed by atoms with E-state index in [1.165, 1.54) is 0 Å². The number of hydrogen-bond acceptors (Lipinski definition) is 4. The molecule has 0 saturated carbocycles. The second-order valence-corrected chi connectivity index (χ2v) is 4.91. The SMILES string of the molecule is CNCCc1c(C=O)ccc(OC)c1OCc1ccccc1. The average molecular weight is 299 g/mol. The number of ether oxygens (including phenoxy) is 2. The van der Waals surface area contributed by atoms with Crippen LogP contribution in [0, 0.1) is 0 Å². The molecule has 0 aliphatic heterocycles. The number of nitrogens with one attached hydrogen (secondary N) is 1. The molecule has 4 heteroatoms. The molecule has 0 unspecified atom stereocenters. The second-order valence-electron chi connectivity index (χ2n) is 4.91. The number of hydrogen-bond donors (Lipinski definition) is 1. The molecule has 4 nitrogen and oxygen atoms in total. The Labute approximate surface area is 131 Å². The Morgan fingerprint density at radius 2 is 1.91 bits per heavy atom. The van der Waals surface area contributed by atoms with Crippen LogP contribution in [0.25, 0.3) is 0 Å². The molecule has 0 heterocycles. The molecule has 0 aliphatic carbocycles. The van der Waals surface area contributed by atoms with Gasteiger partial charge in [-0.25, -0.2) is 0 Å². The lowest BCUT2D eigenvalue weighted by molar-refractivity contribution is 0.112. The Hall–Kier alpha value is -2.33. The zero-order valence-corrected chi connectivity index (χ0v) is 13.0. The highest BCUT2D eigenvalue weighted by molar-refractivity contribution is 5.80. The molecule has 0 saturated heterocycles. The van der Waals surface area contributed by atoms with Crippen molar-refractivity contribution in [1.82, 2.24) is 5.32 Å². The number of carbonyl (C=O) groups is 1. The number of rotatable bonds is 8. The molecule has 2 aromatic rings. The molecule has 0 atom stereocenters. The van der Waals surface area contributed by atoms with Crippen molar-refractivity contribution in [1.29, 1.82) is 0 Å². The summed E-state index contributed by atoms with van der Waals surface area (Å²) in [6, 6.07) is 13.5. The van der Waals surface area contributed by atoms with E-state index in [4.69, 9.17) is 9.47 Å². The van der Waals surface area contributed by atoms with Gasteiger partial charge in [0.25, 0.3) is 0 Å². The fraction of sp³-hybridized carbons (Fsp3) is 0.278. The van der Waals surface area contributed by atoms with Gasteiger partial charge in [0.2, 0.25) is 0 Å². The van der Waals surface area contributed by atoms with Crippen LogP contribution >= 0.6 is 0 Å². The minimum Gasteiger partial charge on any atom is -0.493 e. The van der Waals surface area contributed by atoms with Gasteiger partial charge in [-0.2, -0.15) is 0 Å². The van der Waals surface area contributed by atoms with Crippen LogP contribution in [0.4, 0.5) is 0 Å². The molecule has 0 radical (unpaired) electrons. The largest absolute Gasteiger partial charge is 0.493 e. The number of likely N-dealkylation sites (N-methyl/N-ethyl adjacent to an activating group) is 1. The zero-order valence-electron chi connectivity index (χ0n) is 13.0. The third-order valence-corrected chi connectivity index (χ3v) is 3.46. The zero-order chi connectivity index (χ0) is 15.8. The van der Waals surface area contributed by atoms with Crippen molar-refractivity contribution in [2.45, 2.75) is 13.0 Å². The molecule has 0 bridgehead atoms. The molecular weight excluding hydrogens is 278 g/mol. The lowest BCUT2D eigenvalue weighted by atomic mass is 10.0. The van der Waals surface area contributed by atoms with Crippen LogP contribution in [-0.2, 0) is 13.0 Å². The van der Waals surface area contributed by atoms with E-state index in [1.807, 2.05) is 37.4 Å². The van der Waals surface area contributed by atoms with Gasteiger partial charge in [0.05, 0.1) is 7.11 Å². The summed E-state index contributed by atoms with van der Waals surface area (Å²) in [7, 11) is 3.48. The smallest absolute Gasteiger partial charge is 0.165 e. The van der Waals surface area contributed by atoms with E-state index in [0.717, 1.165) is 24.0 Å². The first kappa shape index (κ1) is 16.0. The highest BCUT2D eigenvalue weighted by atomic mass is 16.5. The lowest BCUT2D eigenvalue weighted by Gasteiger charge is -2.17. The highest BCUT2D eigenvalue weighted by Gasteiger charge is 2.15. The molecule has 116 valence electrons. The predicted molar refractivity (Wildman–Crippen MR) is 86.8 cm³/mol. The number of aldehydes is 1. The van der Waals surface area contributed by atoms with E-state index in [2.05, 4.69) is 5.32 Å². The van der Waals surface area contributed by atoms with E-state index in [-0.39, 0.29) is 0 Å². The van der Waals surface area contributed by atoms with Crippen LogP contribution in [0.3, 0.4) is 0 Å². The number of benzene rings is 2. The van der Waals surface area contributed by atoms with Gasteiger partial charge in [-0.3, -0.25) is 4.79 Å². The first-order valence-corrected chi connectivity index (χ1v) is 7.26. The maximum absolute atomic E-state index is 11.3. The molecule has 0 fully saturated rings. The third-order valence-electron chi connectivity index (χ3n) is 3.46. The van der Waals surface area contributed by atoms with Gasteiger partial charge in [-0.1, -0.05) is 30.3 Å². The maximum atomic E-state index is 11.3. The van der Waals surface area contributed by atoms with Gasteiger partial charge in [-0.15, -0.1) is 0 Å². The van der Waals surface area contributed by atoms with Crippen LogP contribution in [0.15, 0.2) is 42.5 Å². The Morgan fingerprint density at radius 1 is 1.14 bits per heavy atom. The Bertz CT molecular complexity index is 611. The summed E-state index contributed by atoms with van der Waals surface area (Å²) in [4.78, 5) is 11.3. The van der Waals surface area contributed by atoms with Crippen molar-refractivity contribution in [2.75, 3.05) is 20.7 Å². The monoisotopic (exact) mass is 299 g/mol. The Morgan fingerprint density at radius 3 is 2.55 bits per heavy atom. The fourth-order valence-corrected chi connectivity index (χ4v) is 2.29. The summed E-state index contributed by atoms with van der Waals surface area (Å²) in [5.41, 5.74) is 2.58. The van der Waals surface area contributed by atoms with Crippen LogP contribution in [0.1, 0.15) is 21.5 Å². The quantitative estimate of drug-likeness (QED) is 0.761. The standard InChI is InChI=1S/C18H21NO3/c1-19-11-10-16-15(12-20)8-9-17(21-2)18(16)22-13-14-6-4-3-5-7-14/h3-9,12,19H,10-11,13H2,1-2H3. The fourth-order valence-electron chi connectivity index (χ4n) is 2.29. The molecule has 0 aromatic heterocycles. The summed E-state index contributed by atoms with van der Waals surface area (Å²) >= 11 is 0. The normalized spacial score (nSPS) is 10.3. The van der Waals surface area contributed by atoms with Crippen LogP contribution in [0.5, 0.6) is 11.5 Å². The molecular formula is C18H21NO3. The van der Waals surface area contributed by atoms with Gasteiger partial charge >= 0.3 is 0 Å². The van der Waals surface area contributed by atoms with Crippen LogP contribution in [0.2, 0.25) is 0 Å². The van der Waals surface area contributed by atoms with Gasteiger partial charge in [0.1, 0.15) is 12.9 Å².